The number of rotatable bonds is 5. The molecule has 124 valence electrons. The molecule has 2 aliphatic heterocycles. The van der Waals surface area contributed by atoms with Gasteiger partial charge in [-0.1, -0.05) is 29.8 Å². The quantitative estimate of drug-likeness (QED) is 0.901. The second kappa shape index (κ2) is 7.13. The minimum absolute atomic E-state index is 0.0197. The van der Waals surface area contributed by atoms with E-state index in [1.54, 1.807) is 0 Å². The van der Waals surface area contributed by atoms with Crippen LogP contribution in [0.15, 0.2) is 24.3 Å². The molecule has 1 N–H and O–H groups in total. The van der Waals surface area contributed by atoms with Crippen molar-refractivity contribution in [2.45, 2.75) is 51.3 Å². The third-order valence-corrected chi connectivity index (χ3v) is 4.56. The molecule has 5 heteroatoms. The summed E-state index contributed by atoms with van der Waals surface area (Å²) in [7, 11) is 0. The lowest BCUT2D eigenvalue weighted by atomic mass is 10.1. The largest absolute Gasteiger partial charge is 0.378 e. The Morgan fingerprint density at radius 2 is 2.09 bits per heavy atom. The third-order valence-electron chi connectivity index (χ3n) is 4.56. The lowest BCUT2D eigenvalue weighted by Crippen LogP contribution is -2.42. The SMILES string of the molecule is Cc1ccc(CN2CC[C@H](NC(=O)C[C@@H]3CCCO3)C2=O)cc1. The molecule has 0 aromatic heterocycles. The van der Waals surface area contributed by atoms with Gasteiger partial charge in [-0.3, -0.25) is 9.59 Å². The highest BCUT2D eigenvalue weighted by Crippen LogP contribution is 2.18. The average Bonchev–Trinajstić information content (AvgIpc) is 3.14. The summed E-state index contributed by atoms with van der Waals surface area (Å²) in [4.78, 5) is 26.3. The summed E-state index contributed by atoms with van der Waals surface area (Å²) in [5.74, 6) is -0.0568. The van der Waals surface area contributed by atoms with Gasteiger partial charge in [0.05, 0.1) is 12.5 Å². The fraction of sp³-hybridized carbons (Fsp3) is 0.556. The van der Waals surface area contributed by atoms with Crippen molar-refractivity contribution in [3.8, 4) is 0 Å². The zero-order valence-electron chi connectivity index (χ0n) is 13.6. The lowest BCUT2D eigenvalue weighted by Gasteiger charge is -2.18. The van der Waals surface area contributed by atoms with Gasteiger partial charge in [-0.05, 0) is 31.7 Å². The molecule has 5 nitrogen and oxygen atoms in total. The van der Waals surface area contributed by atoms with Crippen molar-refractivity contribution in [2.75, 3.05) is 13.2 Å². The number of carbonyl (C=O) groups is 2. The maximum atomic E-state index is 12.4. The van der Waals surface area contributed by atoms with Gasteiger partial charge in [0.1, 0.15) is 6.04 Å². The Labute approximate surface area is 137 Å². The second-order valence-electron chi connectivity index (χ2n) is 6.49. The van der Waals surface area contributed by atoms with E-state index in [4.69, 9.17) is 4.74 Å². The monoisotopic (exact) mass is 316 g/mol. The molecule has 2 amide bonds. The van der Waals surface area contributed by atoms with Gasteiger partial charge in [0.2, 0.25) is 11.8 Å². The molecule has 23 heavy (non-hydrogen) atoms. The molecule has 2 saturated heterocycles. The Hall–Kier alpha value is -1.88. The number of amides is 2. The zero-order valence-corrected chi connectivity index (χ0v) is 13.6. The Morgan fingerprint density at radius 3 is 2.78 bits per heavy atom. The predicted molar refractivity (Wildman–Crippen MR) is 86.7 cm³/mol. The number of benzene rings is 1. The number of nitrogens with zero attached hydrogens (tertiary/aromatic N) is 1. The Balaban J connectivity index is 1.49. The first-order valence-corrected chi connectivity index (χ1v) is 8.37. The van der Waals surface area contributed by atoms with Crippen molar-refractivity contribution in [2.24, 2.45) is 0 Å². The fourth-order valence-corrected chi connectivity index (χ4v) is 3.21. The van der Waals surface area contributed by atoms with E-state index in [0.717, 1.165) is 25.0 Å². The molecule has 0 bridgehead atoms. The van der Waals surface area contributed by atoms with Crippen LogP contribution in [0.25, 0.3) is 0 Å². The van der Waals surface area contributed by atoms with Crippen molar-refractivity contribution in [3.63, 3.8) is 0 Å². The van der Waals surface area contributed by atoms with Gasteiger partial charge in [-0.2, -0.15) is 0 Å². The van der Waals surface area contributed by atoms with E-state index < -0.39 is 0 Å². The summed E-state index contributed by atoms with van der Waals surface area (Å²) in [6.07, 6.45) is 3.02. The number of ether oxygens (including phenoxy) is 1. The standard InChI is InChI=1S/C18H24N2O3/c1-13-4-6-14(7-5-13)12-20-9-8-16(18(20)22)19-17(21)11-15-3-2-10-23-15/h4-7,15-16H,2-3,8-12H2,1H3,(H,19,21)/t15-,16-/m0/s1. The maximum Gasteiger partial charge on any atom is 0.245 e. The van der Waals surface area contributed by atoms with Crippen LogP contribution < -0.4 is 5.32 Å². The predicted octanol–water partition coefficient (Wildman–Crippen LogP) is 1.78. The first-order chi connectivity index (χ1) is 11.1. The summed E-state index contributed by atoms with van der Waals surface area (Å²) in [5.41, 5.74) is 2.33. The van der Waals surface area contributed by atoms with Crippen molar-refractivity contribution < 1.29 is 14.3 Å². The highest BCUT2D eigenvalue weighted by molar-refractivity contribution is 5.89. The number of nitrogens with one attached hydrogen (secondary N) is 1. The van der Waals surface area contributed by atoms with Gasteiger partial charge in [-0.15, -0.1) is 0 Å². The number of hydrogen-bond donors (Lipinski definition) is 1. The summed E-state index contributed by atoms with van der Waals surface area (Å²) in [5, 5.41) is 2.87. The maximum absolute atomic E-state index is 12.4. The number of aryl methyl sites for hydroxylation is 1. The van der Waals surface area contributed by atoms with Crippen LogP contribution in [0, 0.1) is 6.92 Å². The van der Waals surface area contributed by atoms with Gasteiger partial charge in [0.15, 0.2) is 0 Å². The molecular weight excluding hydrogens is 292 g/mol. The van der Waals surface area contributed by atoms with Crippen LogP contribution in [0.3, 0.4) is 0 Å². The molecule has 0 unspecified atom stereocenters. The van der Waals surface area contributed by atoms with Crippen molar-refractivity contribution in [3.05, 3.63) is 35.4 Å². The van der Waals surface area contributed by atoms with E-state index in [1.165, 1.54) is 5.56 Å². The molecule has 0 radical (unpaired) electrons. The van der Waals surface area contributed by atoms with Crippen molar-refractivity contribution >= 4 is 11.8 Å². The normalized spacial score (nSPS) is 24.2. The van der Waals surface area contributed by atoms with Crippen LogP contribution in [0.2, 0.25) is 0 Å². The third kappa shape index (κ3) is 4.10. The molecule has 2 atom stereocenters. The number of likely N-dealkylation sites (tertiary alicyclic amines) is 1. The van der Waals surface area contributed by atoms with Crippen LogP contribution in [-0.2, 0) is 20.9 Å². The molecule has 0 saturated carbocycles. The first-order valence-electron chi connectivity index (χ1n) is 8.37. The second-order valence-corrected chi connectivity index (χ2v) is 6.49. The molecule has 2 aliphatic rings. The van der Waals surface area contributed by atoms with Crippen LogP contribution >= 0.6 is 0 Å². The van der Waals surface area contributed by atoms with E-state index in [9.17, 15) is 9.59 Å². The smallest absolute Gasteiger partial charge is 0.245 e. The van der Waals surface area contributed by atoms with Crippen LogP contribution in [0.4, 0.5) is 0 Å². The van der Waals surface area contributed by atoms with E-state index in [2.05, 4.69) is 17.4 Å². The Kier molecular flexibility index (Phi) is 4.96. The van der Waals surface area contributed by atoms with Gasteiger partial charge in [0.25, 0.3) is 0 Å². The first kappa shape index (κ1) is 16.0. The molecule has 0 aliphatic carbocycles. The van der Waals surface area contributed by atoms with E-state index in [-0.39, 0.29) is 24.0 Å². The van der Waals surface area contributed by atoms with E-state index >= 15 is 0 Å². The fourth-order valence-electron chi connectivity index (χ4n) is 3.21. The van der Waals surface area contributed by atoms with Gasteiger partial charge < -0.3 is 15.0 Å². The molecule has 3 rings (SSSR count). The summed E-state index contributed by atoms with van der Waals surface area (Å²) in [6, 6.07) is 7.82. The Bertz CT molecular complexity index is 564. The molecule has 2 heterocycles. The molecule has 1 aromatic rings. The van der Waals surface area contributed by atoms with Crippen LogP contribution in [0.1, 0.15) is 36.8 Å². The van der Waals surface area contributed by atoms with Crippen molar-refractivity contribution in [1.29, 1.82) is 0 Å². The molecular formula is C18H24N2O3. The zero-order chi connectivity index (χ0) is 16.2. The Morgan fingerprint density at radius 1 is 1.30 bits per heavy atom. The van der Waals surface area contributed by atoms with Gasteiger partial charge in [0, 0.05) is 19.7 Å². The van der Waals surface area contributed by atoms with E-state index in [1.807, 2.05) is 24.0 Å². The van der Waals surface area contributed by atoms with Crippen LogP contribution in [0.5, 0.6) is 0 Å². The highest BCUT2D eigenvalue weighted by Gasteiger charge is 2.33. The highest BCUT2D eigenvalue weighted by atomic mass is 16.5. The van der Waals surface area contributed by atoms with Crippen molar-refractivity contribution in [1.82, 2.24) is 10.2 Å². The lowest BCUT2D eigenvalue weighted by molar-refractivity contribution is -0.133. The van der Waals surface area contributed by atoms with Crippen LogP contribution in [-0.4, -0.2) is 42.0 Å². The number of carbonyl (C=O) groups excluding carboxylic acids is 2. The summed E-state index contributed by atoms with van der Waals surface area (Å²) >= 11 is 0. The summed E-state index contributed by atoms with van der Waals surface area (Å²) < 4.78 is 5.47. The molecule has 2 fully saturated rings. The topological polar surface area (TPSA) is 58.6 Å². The van der Waals surface area contributed by atoms with E-state index in [0.29, 0.717) is 25.9 Å². The average molecular weight is 316 g/mol. The minimum Gasteiger partial charge on any atom is -0.378 e. The summed E-state index contributed by atoms with van der Waals surface area (Å²) in [6.45, 7) is 4.09. The molecule has 0 spiro atoms. The minimum atomic E-state index is -0.380. The molecule has 1 aromatic carbocycles. The van der Waals surface area contributed by atoms with Gasteiger partial charge in [-0.25, -0.2) is 0 Å². The van der Waals surface area contributed by atoms with Gasteiger partial charge >= 0.3 is 0 Å². The number of hydrogen-bond acceptors (Lipinski definition) is 3.